The number of hydrogen-bond donors (Lipinski definition) is 1. The van der Waals surface area contributed by atoms with E-state index in [0.717, 1.165) is 5.56 Å². The lowest BCUT2D eigenvalue weighted by molar-refractivity contribution is -0.385. The molecule has 0 aliphatic carbocycles. The molecule has 8 nitrogen and oxygen atoms in total. The van der Waals surface area contributed by atoms with Gasteiger partial charge in [-0.05, 0) is 36.8 Å². The summed E-state index contributed by atoms with van der Waals surface area (Å²) in [5, 5.41) is 14.6. The molecule has 3 aromatic rings. The number of ether oxygens (including phenoxy) is 2. The molecule has 0 radical (unpaired) electrons. The van der Waals surface area contributed by atoms with E-state index in [2.05, 4.69) is 15.3 Å². The Morgan fingerprint density at radius 2 is 1.85 bits per heavy atom. The zero-order valence-electron chi connectivity index (χ0n) is 14.2. The third-order valence-corrected chi connectivity index (χ3v) is 3.53. The Labute approximate surface area is 149 Å². The van der Waals surface area contributed by atoms with Gasteiger partial charge < -0.3 is 14.8 Å². The summed E-state index contributed by atoms with van der Waals surface area (Å²) >= 11 is 0. The largest absolute Gasteiger partial charge is 0.493 e. The summed E-state index contributed by atoms with van der Waals surface area (Å²) in [5.41, 5.74) is 1.33. The van der Waals surface area contributed by atoms with Gasteiger partial charge in [-0.1, -0.05) is 24.3 Å². The minimum Gasteiger partial charge on any atom is -0.493 e. The van der Waals surface area contributed by atoms with Gasteiger partial charge in [0.15, 0.2) is 11.5 Å². The zero-order valence-corrected chi connectivity index (χ0v) is 14.2. The Morgan fingerprint density at radius 3 is 2.54 bits per heavy atom. The van der Waals surface area contributed by atoms with Crippen LogP contribution in [0.4, 0.5) is 17.2 Å². The van der Waals surface area contributed by atoms with Crippen molar-refractivity contribution in [2.75, 3.05) is 12.4 Å². The van der Waals surface area contributed by atoms with Crippen molar-refractivity contribution in [2.45, 2.75) is 6.92 Å². The minimum atomic E-state index is -0.580. The summed E-state index contributed by atoms with van der Waals surface area (Å²) in [7, 11) is 1.49. The topological polar surface area (TPSA) is 99.4 Å². The van der Waals surface area contributed by atoms with Crippen LogP contribution in [-0.4, -0.2) is 22.0 Å². The van der Waals surface area contributed by atoms with E-state index in [1.807, 2.05) is 25.1 Å². The van der Waals surface area contributed by atoms with Crippen molar-refractivity contribution < 1.29 is 14.4 Å². The van der Waals surface area contributed by atoms with E-state index >= 15 is 0 Å². The SMILES string of the molecule is COc1ccccc1Oc1ncnc(Nc2cccc(C)c2)c1[N+](=O)[O-]. The number of nitro groups is 1. The molecular formula is C18H16N4O4. The van der Waals surface area contributed by atoms with E-state index in [1.54, 1.807) is 30.3 Å². The van der Waals surface area contributed by atoms with Crippen molar-refractivity contribution in [3.63, 3.8) is 0 Å². The number of rotatable bonds is 6. The molecule has 0 saturated carbocycles. The number of methoxy groups -OCH3 is 1. The fourth-order valence-corrected chi connectivity index (χ4v) is 2.36. The number of aromatic nitrogens is 2. The average Bonchev–Trinajstić information content (AvgIpc) is 2.62. The molecule has 1 heterocycles. The number of nitrogens with one attached hydrogen (secondary N) is 1. The van der Waals surface area contributed by atoms with Gasteiger partial charge in [-0.25, -0.2) is 4.98 Å². The highest BCUT2D eigenvalue weighted by atomic mass is 16.6. The maximum atomic E-state index is 11.6. The van der Waals surface area contributed by atoms with Crippen molar-refractivity contribution >= 4 is 17.2 Å². The highest BCUT2D eigenvalue weighted by Crippen LogP contribution is 2.38. The molecule has 0 aliphatic rings. The highest BCUT2D eigenvalue weighted by Gasteiger charge is 2.26. The first kappa shape index (κ1) is 17.2. The first-order valence-corrected chi connectivity index (χ1v) is 7.72. The van der Waals surface area contributed by atoms with Gasteiger partial charge in [-0.2, -0.15) is 4.98 Å². The smallest absolute Gasteiger partial charge is 0.373 e. The lowest BCUT2D eigenvalue weighted by atomic mass is 10.2. The summed E-state index contributed by atoms with van der Waals surface area (Å²) in [6, 6.07) is 14.2. The molecule has 0 atom stereocenters. The zero-order chi connectivity index (χ0) is 18.5. The van der Waals surface area contributed by atoms with E-state index in [9.17, 15) is 10.1 Å². The van der Waals surface area contributed by atoms with Crippen LogP contribution in [0.25, 0.3) is 0 Å². The van der Waals surface area contributed by atoms with Gasteiger partial charge in [-0.15, -0.1) is 0 Å². The van der Waals surface area contributed by atoms with Gasteiger partial charge in [0, 0.05) is 5.69 Å². The molecule has 0 spiro atoms. The molecule has 26 heavy (non-hydrogen) atoms. The summed E-state index contributed by atoms with van der Waals surface area (Å²) < 4.78 is 10.8. The summed E-state index contributed by atoms with van der Waals surface area (Å²) in [5.74, 6) is 0.622. The molecule has 3 rings (SSSR count). The average molecular weight is 352 g/mol. The van der Waals surface area contributed by atoms with E-state index in [4.69, 9.17) is 9.47 Å². The summed E-state index contributed by atoms with van der Waals surface area (Å²) in [6.45, 7) is 1.93. The second kappa shape index (κ2) is 7.47. The Balaban J connectivity index is 2.00. The number of hydrogen-bond acceptors (Lipinski definition) is 7. The van der Waals surface area contributed by atoms with Crippen LogP contribution in [0.2, 0.25) is 0 Å². The molecule has 1 aromatic heterocycles. The second-order valence-electron chi connectivity index (χ2n) is 5.38. The molecule has 132 valence electrons. The van der Waals surface area contributed by atoms with Crippen LogP contribution in [0, 0.1) is 17.0 Å². The van der Waals surface area contributed by atoms with Crippen LogP contribution >= 0.6 is 0 Å². The minimum absolute atomic E-state index is 0.0421. The standard InChI is InChI=1S/C18H16N4O4/c1-12-6-5-7-13(10-12)21-17-16(22(23)24)18(20-11-19-17)26-15-9-4-3-8-14(15)25-2/h3-11H,1-2H3,(H,19,20,21). The molecule has 0 amide bonds. The number of aryl methyl sites for hydroxylation is 1. The number of nitrogens with zero attached hydrogens (tertiary/aromatic N) is 3. The predicted octanol–water partition coefficient (Wildman–Crippen LogP) is 4.24. The van der Waals surface area contributed by atoms with E-state index in [-0.39, 0.29) is 17.4 Å². The van der Waals surface area contributed by atoms with Gasteiger partial charge in [0.2, 0.25) is 5.82 Å². The van der Waals surface area contributed by atoms with Crippen LogP contribution in [0.15, 0.2) is 54.9 Å². The van der Waals surface area contributed by atoms with Crippen molar-refractivity contribution in [1.29, 1.82) is 0 Å². The molecule has 0 fully saturated rings. The van der Waals surface area contributed by atoms with Crippen molar-refractivity contribution in [3.05, 3.63) is 70.5 Å². The van der Waals surface area contributed by atoms with Crippen LogP contribution in [0.1, 0.15) is 5.56 Å². The Kier molecular flexibility index (Phi) is 4.93. The number of para-hydroxylation sites is 2. The van der Waals surface area contributed by atoms with Crippen LogP contribution in [0.5, 0.6) is 17.4 Å². The summed E-state index contributed by atoms with van der Waals surface area (Å²) in [4.78, 5) is 19.0. The molecule has 0 saturated heterocycles. The van der Waals surface area contributed by atoms with Crippen molar-refractivity contribution in [3.8, 4) is 17.4 Å². The molecule has 2 aromatic carbocycles. The fraction of sp³-hybridized carbons (Fsp3) is 0.111. The van der Waals surface area contributed by atoms with Crippen LogP contribution in [0.3, 0.4) is 0 Å². The highest BCUT2D eigenvalue weighted by molar-refractivity contribution is 5.69. The third kappa shape index (κ3) is 3.69. The molecular weight excluding hydrogens is 336 g/mol. The van der Waals surface area contributed by atoms with Gasteiger partial charge in [-0.3, -0.25) is 10.1 Å². The first-order chi connectivity index (χ1) is 12.6. The molecule has 0 bridgehead atoms. The Bertz CT molecular complexity index is 946. The van der Waals surface area contributed by atoms with E-state index < -0.39 is 4.92 Å². The molecule has 1 N–H and O–H groups in total. The fourth-order valence-electron chi connectivity index (χ4n) is 2.36. The third-order valence-electron chi connectivity index (χ3n) is 3.53. The second-order valence-corrected chi connectivity index (χ2v) is 5.38. The van der Waals surface area contributed by atoms with Gasteiger partial charge >= 0.3 is 11.6 Å². The van der Waals surface area contributed by atoms with E-state index in [0.29, 0.717) is 17.2 Å². The quantitative estimate of drug-likeness (QED) is 0.523. The van der Waals surface area contributed by atoms with Crippen molar-refractivity contribution in [1.82, 2.24) is 9.97 Å². The molecule has 0 unspecified atom stereocenters. The maximum Gasteiger partial charge on any atom is 0.373 e. The normalized spacial score (nSPS) is 10.2. The van der Waals surface area contributed by atoms with Crippen molar-refractivity contribution in [2.24, 2.45) is 0 Å². The van der Waals surface area contributed by atoms with Gasteiger partial charge in [0.05, 0.1) is 12.0 Å². The molecule has 0 aliphatic heterocycles. The van der Waals surface area contributed by atoms with E-state index in [1.165, 1.54) is 13.4 Å². The van der Waals surface area contributed by atoms with Crippen LogP contribution in [-0.2, 0) is 0 Å². The lowest BCUT2D eigenvalue weighted by Gasteiger charge is -2.11. The number of benzene rings is 2. The molecule has 8 heteroatoms. The monoisotopic (exact) mass is 352 g/mol. The van der Waals surface area contributed by atoms with Gasteiger partial charge in [0.25, 0.3) is 0 Å². The Hall–Kier alpha value is -3.68. The van der Waals surface area contributed by atoms with Crippen LogP contribution < -0.4 is 14.8 Å². The van der Waals surface area contributed by atoms with Gasteiger partial charge in [0.1, 0.15) is 6.33 Å². The first-order valence-electron chi connectivity index (χ1n) is 7.72. The Morgan fingerprint density at radius 1 is 1.08 bits per heavy atom. The number of anilines is 2. The lowest BCUT2D eigenvalue weighted by Crippen LogP contribution is -2.04. The maximum absolute atomic E-state index is 11.6. The summed E-state index contributed by atoms with van der Waals surface area (Å²) in [6.07, 6.45) is 1.20. The predicted molar refractivity (Wildman–Crippen MR) is 96.2 cm³/mol.